The molecule has 1 aliphatic rings. The molecule has 0 aromatic heterocycles. The molecule has 0 bridgehead atoms. The van der Waals surface area contributed by atoms with E-state index in [0.29, 0.717) is 0 Å². The molecule has 0 amide bonds. The Morgan fingerprint density at radius 2 is 1.74 bits per heavy atom. The first-order chi connectivity index (χ1) is 8.94. The molecule has 0 heterocycles. The molecule has 5 heteroatoms. The van der Waals surface area contributed by atoms with E-state index in [2.05, 4.69) is 16.9 Å². The molecule has 0 radical (unpaired) electrons. The second-order valence-corrected chi connectivity index (χ2v) is 7.42. The number of nitrogens with zero attached hydrogens (tertiary/aromatic N) is 1. The molecule has 0 atom stereocenters. The molecule has 0 unspecified atom stereocenters. The third kappa shape index (κ3) is 3.55. The molecule has 1 aromatic carbocycles. The van der Waals surface area contributed by atoms with Crippen LogP contribution in [0.2, 0.25) is 0 Å². The van der Waals surface area contributed by atoms with Crippen LogP contribution >= 0.6 is 0 Å². The maximum Gasteiger partial charge on any atom is 0.279 e. The molecule has 1 aromatic rings. The number of benzene rings is 1. The summed E-state index contributed by atoms with van der Waals surface area (Å²) in [4.78, 5) is 0. The SMILES string of the molecule is CN(C)S(=O)(=O)NC1(Cc2ccccc2)CCCC1. The topological polar surface area (TPSA) is 49.4 Å². The highest BCUT2D eigenvalue weighted by Crippen LogP contribution is 2.33. The van der Waals surface area contributed by atoms with Crippen molar-refractivity contribution in [2.45, 2.75) is 37.6 Å². The third-order valence-corrected chi connectivity index (χ3v) is 5.42. The van der Waals surface area contributed by atoms with E-state index in [4.69, 9.17) is 0 Å². The van der Waals surface area contributed by atoms with Crippen LogP contribution in [-0.2, 0) is 16.6 Å². The van der Waals surface area contributed by atoms with Gasteiger partial charge in [-0.05, 0) is 24.8 Å². The highest BCUT2D eigenvalue weighted by molar-refractivity contribution is 7.87. The largest absolute Gasteiger partial charge is 0.279 e. The van der Waals surface area contributed by atoms with Gasteiger partial charge >= 0.3 is 0 Å². The molecule has 2 rings (SSSR count). The van der Waals surface area contributed by atoms with Gasteiger partial charge in [0.05, 0.1) is 0 Å². The van der Waals surface area contributed by atoms with Crippen LogP contribution in [0.3, 0.4) is 0 Å². The van der Waals surface area contributed by atoms with Crippen LogP contribution < -0.4 is 4.72 Å². The lowest BCUT2D eigenvalue weighted by molar-refractivity contribution is 0.372. The molecule has 1 aliphatic carbocycles. The van der Waals surface area contributed by atoms with E-state index in [1.54, 1.807) is 14.1 Å². The lowest BCUT2D eigenvalue weighted by Crippen LogP contribution is -2.51. The minimum atomic E-state index is -3.38. The van der Waals surface area contributed by atoms with Crippen LogP contribution in [0.1, 0.15) is 31.2 Å². The van der Waals surface area contributed by atoms with Gasteiger partial charge in [0.25, 0.3) is 10.2 Å². The second-order valence-electron chi connectivity index (χ2n) is 5.54. The molecular weight excluding hydrogens is 260 g/mol. The standard InChI is InChI=1S/C14H22N2O2S/c1-16(2)19(17,18)15-14(10-6-7-11-14)12-13-8-4-3-5-9-13/h3-5,8-9,15H,6-7,10-12H2,1-2H3. The Morgan fingerprint density at radius 3 is 2.26 bits per heavy atom. The average molecular weight is 282 g/mol. The van der Waals surface area contributed by atoms with Gasteiger partial charge in [-0.25, -0.2) is 0 Å². The number of hydrogen-bond acceptors (Lipinski definition) is 2. The smallest absolute Gasteiger partial charge is 0.196 e. The molecule has 0 spiro atoms. The van der Waals surface area contributed by atoms with Crippen LogP contribution in [0.5, 0.6) is 0 Å². The maximum absolute atomic E-state index is 12.1. The van der Waals surface area contributed by atoms with E-state index in [9.17, 15) is 8.42 Å². The van der Waals surface area contributed by atoms with Crippen molar-refractivity contribution in [3.05, 3.63) is 35.9 Å². The summed E-state index contributed by atoms with van der Waals surface area (Å²) in [6.07, 6.45) is 4.76. The highest BCUT2D eigenvalue weighted by atomic mass is 32.2. The summed E-state index contributed by atoms with van der Waals surface area (Å²) in [5.41, 5.74) is 0.871. The fraction of sp³-hybridized carbons (Fsp3) is 0.571. The van der Waals surface area contributed by atoms with E-state index in [-0.39, 0.29) is 5.54 Å². The summed E-state index contributed by atoms with van der Waals surface area (Å²) in [5.74, 6) is 0. The molecule has 4 nitrogen and oxygen atoms in total. The summed E-state index contributed by atoms with van der Waals surface area (Å²) in [7, 11) is -0.251. The predicted octanol–water partition coefficient (Wildman–Crippen LogP) is 1.94. The van der Waals surface area contributed by atoms with E-state index >= 15 is 0 Å². The molecule has 106 valence electrons. The van der Waals surface area contributed by atoms with Crippen molar-refractivity contribution in [1.29, 1.82) is 0 Å². The lowest BCUT2D eigenvalue weighted by atomic mass is 9.90. The van der Waals surface area contributed by atoms with Gasteiger partial charge in [0.2, 0.25) is 0 Å². The van der Waals surface area contributed by atoms with Gasteiger partial charge in [-0.1, -0.05) is 43.2 Å². The van der Waals surface area contributed by atoms with Crippen molar-refractivity contribution in [2.24, 2.45) is 0 Å². The molecular formula is C14H22N2O2S. The van der Waals surface area contributed by atoms with Crippen LogP contribution in [-0.4, -0.2) is 32.4 Å². The Balaban J connectivity index is 2.19. The minimum absolute atomic E-state index is 0.315. The fourth-order valence-electron chi connectivity index (χ4n) is 2.72. The van der Waals surface area contributed by atoms with E-state index < -0.39 is 10.2 Å². The Labute approximate surface area is 116 Å². The van der Waals surface area contributed by atoms with Crippen LogP contribution in [0.4, 0.5) is 0 Å². The van der Waals surface area contributed by atoms with Crippen molar-refractivity contribution in [3.8, 4) is 0 Å². The van der Waals surface area contributed by atoms with Crippen molar-refractivity contribution < 1.29 is 8.42 Å². The first-order valence-electron chi connectivity index (χ1n) is 6.69. The Bertz CT molecular complexity index is 506. The molecule has 1 fully saturated rings. The van der Waals surface area contributed by atoms with Crippen LogP contribution in [0, 0.1) is 0 Å². The summed E-state index contributed by atoms with van der Waals surface area (Å²) >= 11 is 0. The quantitative estimate of drug-likeness (QED) is 0.897. The molecule has 19 heavy (non-hydrogen) atoms. The van der Waals surface area contributed by atoms with E-state index in [1.165, 1.54) is 9.87 Å². The fourth-order valence-corrected chi connectivity index (χ4v) is 3.72. The van der Waals surface area contributed by atoms with Gasteiger partial charge in [0.15, 0.2) is 0 Å². The summed E-state index contributed by atoms with van der Waals surface area (Å²) in [6, 6.07) is 10.1. The normalized spacial score (nSPS) is 18.9. The Hall–Kier alpha value is -0.910. The van der Waals surface area contributed by atoms with Gasteiger partial charge in [-0.15, -0.1) is 0 Å². The second kappa shape index (κ2) is 5.61. The summed E-state index contributed by atoms with van der Waals surface area (Å²) < 4.78 is 28.4. The first kappa shape index (κ1) is 14.5. The zero-order valence-corrected chi connectivity index (χ0v) is 12.4. The highest BCUT2D eigenvalue weighted by Gasteiger charge is 2.38. The first-order valence-corrected chi connectivity index (χ1v) is 8.13. The maximum atomic E-state index is 12.1. The summed E-state index contributed by atoms with van der Waals surface area (Å²) in [6.45, 7) is 0. The molecule has 0 aliphatic heterocycles. The molecule has 1 saturated carbocycles. The van der Waals surface area contributed by atoms with Gasteiger partial charge in [0, 0.05) is 19.6 Å². The minimum Gasteiger partial charge on any atom is -0.196 e. The lowest BCUT2D eigenvalue weighted by Gasteiger charge is -2.31. The third-order valence-electron chi connectivity index (χ3n) is 3.77. The average Bonchev–Trinajstić information content (AvgIpc) is 2.77. The monoisotopic (exact) mass is 282 g/mol. The number of hydrogen-bond donors (Lipinski definition) is 1. The van der Waals surface area contributed by atoms with Gasteiger partial charge < -0.3 is 0 Å². The number of rotatable bonds is 5. The van der Waals surface area contributed by atoms with Crippen LogP contribution in [0.25, 0.3) is 0 Å². The van der Waals surface area contributed by atoms with Crippen molar-refractivity contribution in [3.63, 3.8) is 0 Å². The van der Waals surface area contributed by atoms with Crippen molar-refractivity contribution in [1.82, 2.24) is 9.03 Å². The van der Waals surface area contributed by atoms with Crippen LogP contribution in [0.15, 0.2) is 30.3 Å². The number of nitrogens with one attached hydrogen (secondary N) is 1. The zero-order valence-electron chi connectivity index (χ0n) is 11.6. The Morgan fingerprint density at radius 1 is 1.16 bits per heavy atom. The van der Waals surface area contributed by atoms with Crippen molar-refractivity contribution in [2.75, 3.05) is 14.1 Å². The van der Waals surface area contributed by atoms with Gasteiger partial charge in [-0.2, -0.15) is 17.4 Å². The van der Waals surface area contributed by atoms with Gasteiger partial charge in [0.1, 0.15) is 0 Å². The Kier molecular flexibility index (Phi) is 4.28. The van der Waals surface area contributed by atoms with E-state index in [0.717, 1.165) is 32.1 Å². The van der Waals surface area contributed by atoms with E-state index in [1.807, 2.05) is 18.2 Å². The predicted molar refractivity (Wildman–Crippen MR) is 77.1 cm³/mol. The van der Waals surface area contributed by atoms with Gasteiger partial charge in [-0.3, -0.25) is 0 Å². The van der Waals surface area contributed by atoms with Crippen molar-refractivity contribution >= 4 is 10.2 Å². The molecule has 1 N–H and O–H groups in total. The molecule has 0 saturated heterocycles. The zero-order chi connectivity index (χ0) is 13.9. The summed E-state index contributed by atoms with van der Waals surface area (Å²) in [5, 5.41) is 0.